The van der Waals surface area contributed by atoms with Crippen molar-refractivity contribution in [3.63, 3.8) is 0 Å². The minimum Gasteiger partial charge on any atom is -0.366 e. The van der Waals surface area contributed by atoms with Crippen LogP contribution >= 0.6 is 15.9 Å². The number of fused-ring (bicyclic) bond motifs is 1. The fourth-order valence-corrected chi connectivity index (χ4v) is 2.45. The summed E-state index contributed by atoms with van der Waals surface area (Å²) in [4.78, 5) is 15.4. The minimum atomic E-state index is -0.430. The summed E-state index contributed by atoms with van der Waals surface area (Å²) < 4.78 is 0.991. The maximum Gasteiger partial charge on any atom is 0.248 e. The zero-order chi connectivity index (χ0) is 14.8. The fraction of sp³-hybridized carbons (Fsp3) is 0. The lowest BCUT2D eigenvalue weighted by atomic mass is 10.1. The van der Waals surface area contributed by atoms with E-state index in [9.17, 15) is 4.79 Å². The summed E-state index contributed by atoms with van der Waals surface area (Å²) in [6.07, 6.45) is 1.76. The SMILES string of the molecule is NC(=O)c1ccc(Nc2ccnc3cc(Br)ccc23)cc1. The highest BCUT2D eigenvalue weighted by molar-refractivity contribution is 9.10. The Hall–Kier alpha value is -2.40. The van der Waals surface area contributed by atoms with Gasteiger partial charge in [-0.15, -0.1) is 0 Å². The first-order valence-electron chi connectivity index (χ1n) is 6.34. The maximum atomic E-state index is 11.1. The zero-order valence-corrected chi connectivity index (χ0v) is 12.6. The second kappa shape index (κ2) is 5.54. The van der Waals surface area contributed by atoms with Gasteiger partial charge in [-0.05, 0) is 48.5 Å². The molecule has 5 heteroatoms. The number of nitrogens with two attached hydrogens (primary N) is 1. The van der Waals surface area contributed by atoms with Crippen molar-refractivity contribution in [2.75, 3.05) is 5.32 Å². The monoisotopic (exact) mass is 341 g/mol. The predicted molar refractivity (Wildman–Crippen MR) is 87.7 cm³/mol. The third-order valence-electron chi connectivity index (χ3n) is 3.15. The van der Waals surface area contributed by atoms with Crippen molar-refractivity contribution < 1.29 is 4.79 Å². The molecular formula is C16H12BrN3O. The molecule has 3 N–H and O–H groups in total. The van der Waals surface area contributed by atoms with Crippen molar-refractivity contribution >= 4 is 44.1 Å². The van der Waals surface area contributed by atoms with Crippen LogP contribution in [0.25, 0.3) is 10.9 Å². The van der Waals surface area contributed by atoms with Crippen molar-refractivity contribution in [3.05, 3.63) is 64.8 Å². The lowest BCUT2D eigenvalue weighted by molar-refractivity contribution is 0.100. The van der Waals surface area contributed by atoms with Gasteiger partial charge in [0.05, 0.1) is 5.52 Å². The molecule has 0 saturated heterocycles. The molecule has 0 bridgehead atoms. The Kier molecular flexibility index (Phi) is 3.58. The van der Waals surface area contributed by atoms with Gasteiger partial charge in [0.1, 0.15) is 0 Å². The summed E-state index contributed by atoms with van der Waals surface area (Å²) >= 11 is 3.44. The van der Waals surface area contributed by atoms with Crippen molar-refractivity contribution in [1.82, 2.24) is 4.98 Å². The van der Waals surface area contributed by atoms with Crippen molar-refractivity contribution in [3.8, 4) is 0 Å². The van der Waals surface area contributed by atoms with E-state index in [1.165, 1.54) is 0 Å². The van der Waals surface area contributed by atoms with E-state index >= 15 is 0 Å². The molecule has 3 aromatic rings. The van der Waals surface area contributed by atoms with Crippen LogP contribution in [-0.4, -0.2) is 10.9 Å². The van der Waals surface area contributed by atoms with Crippen LogP contribution in [0.4, 0.5) is 11.4 Å². The first-order valence-corrected chi connectivity index (χ1v) is 7.14. The van der Waals surface area contributed by atoms with Crippen molar-refractivity contribution in [1.29, 1.82) is 0 Å². The Bertz CT molecular complexity index is 815. The topological polar surface area (TPSA) is 68.0 Å². The predicted octanol–water partition coefficient (Wildman–Crippen LogP) is 3.84. The Morgan fingerprint density at radius 2 is 1.86 bits per heavy atom. The quantitative estimate of drug-likeness (QED) is 0.760. The van der Waals surface area contributed by atoms with E-state index in [1.807, 2.05) is 36.4 Å². The molecular weight excluding hydrogens is 330 g/mol. The van der Waals surface area contributed by atoms with Gasteiger partial charge in [-0.25, -0.2) is 0 Å². The van der Waals surface area contributed by atoms with Gasteiger partial charge in [-0.2, -0.15) is 0 Å². The van der Waals surface area contributed by atoms with Crippen molar-refractivity contribution in [2.24, 2.45) is 5.73 Å². The van der Waals surface area contributed by atoms with Gasteiger partial charge in [-0.1, -0.05) is 15.9 Å². The molecule has 0 radical (unpaired) electrons. The highest BCUT2D eigenvalue weighted by Crippen LogP contribution is 2.27. The number of rotatable bonds is 3. The minimum absolute atomic E-state index is 0.430. The summed E-state index contributed by atoms with van der Waals surface area (Å²) in [6, 6.07) is 14.9. The maximum absolute atomic E-state index is 11.1. The van der Waals surface area contributed by atoms with Gasteiger partial charge in [0.2, 0.25) is 5.91 Å². The second-order valence-electron chi connectivity index (χ2n) is 4.59. The van der Waals surface area contributed by atoms with Crippen LogP contribution in [-0.2, 0) is 0 Å². The Balaban J connectivity index is 1.96. The molecule has 1 heterocycles. The van der Waals surface area contributed by atoms with Crippen LogP contribution in [0.2, 0.25) is 0 Å². The number of aromatic nitrogens is 1. The number of halogens is 1. The first kappa shape index (κ1) is 13.6. The van der Waals surface area contributed by atoms with Crippen LogP contribution in [0.15, 0.2) is 59.2 Å². The standard InChI is InChI=1S/C16H12BrN3O/c17-11-3-6-13-14(7-8-19-15(13)9-11)20-12-4-1-10(2-5-12)16(18)21/h1-9H,(H2,18,21)(H,19,20). The van der Waals surface area contributed by atoms with Crippen LogP contribution in [0, 0.1) is 0 Å². The molecule has 0 spiro atoms. The van der Waals surface area contributed by atoms with E-state index in [0.717, 1.165) is 26.8 Å². The van der Waals surface area contributed by atoms with Gasteiger partial charge in [0.25, 0.3) is 0 Å². The summed E-state index contributed by atoms with van der Waals surface area (Å²) in [6.45, 7) is 0. The lowest BCUT2D eigenvalue weighted by Crippen LogP contribution is -2.10. The summed E-state index contributed by atoms with van der Waals surface area (Å²) in [5.41, 5.74) is 8.47. The van der Waals surface area contributed by atoms with E-state index in [-0.39, 0.29) is 0 Å². The average Bonchev–Trinajstić information content (AvgIpc) is 2.47. The number of hydrogen-bond donors (Lipinski definition) is 2. The molecule has 0 fully saturated rings. The number of pyridine rings is 1. The van der Waals surface area contributed by atoms with Crippen molar-refractivity contribution in [2.45, 2.75) is 0 Å². The smallest absolute Gasteiger partial charge is 0.248 e. The number of anilines is 2. The molecule has 0 unspecified atom stereocenters. The van der Waals surface area contributed by atoms with Crippen LogP contribution in [0.1, 0.15) is 10.4 Å². The number of primary amides is 1. The Morgan fingerprint density at radius 3 is 2.57 bits per heavy atom. The molecule has 0 aliphatic rings. The molecule has 0 saturated carbocycles. The molecule has 1 aromatic heterocycles. The number of hydrogen-bond acceptors (Lipinski definition) is 3. The Labute approximate surface area is 130 Å². The van der Waals surface area contributed by atoms with E-state index in [4.69, 9.17) is 5.73 Å². The molecule has 21 heavy (non-hydrogen) atoms. The average molecular weight is 342 g/mol. The van der Waals surface area contributed by atoms with Gasteiger partial charge in [0.15, 0.2) is 0 Å². The number of benzene rings is 2. The zero-order valence-electron chi connectivity index (χ0n) is 11.0. The van der Waals surface area contributed by atoms with Gasteiger partial charge >= 0.3 is 0 Å². The van der Waals surface area contributed by atoms with Gasteiger partial charge < -0.3 is 11.1 Å². The molecule has 3 rings (SSSR count). The van der Waals surface area contributed by atoms with Gasteiger partial charge in [-0.3, -0.25) is 9.78 Å². The summed E-state index contributed by atoms with van der Waals surface area (Å²) in [5, 5.41) is 4.35. The number of nitrogens with zero attached hydrogens (tertiary/aromatic N) is 1. The molecule has 0 atom stereocenters. The highest BCUT2D eigenvalue weighted by atomic mass is 79.9. The number of carbonyl (C=O) groups is 1. The third-order valence-corrected chi connectivity index (χ3v) is 3.65. The van der Waals surface area contributed by atoms with Crippen LogP contribution in [0.5, 0.6) is 0 Å². The van der Waals surface area contributed by atoms with Gasteiger partial charge in [0, 0.05) is 33.0 Å². The molecule has 0 aliphatic carbocycles. The van der Waals surface area contributed by atoms with Crippen LogP contribution < -0.4 is 11.1 Å². The largest absolute Gasteiger partial charge is 0.366 e. The number of amides is 1. The van der Waals surface area contributed by atoms with E-state index < -0.39 is 5.91 Å². The molecule has 4 nitrogen and oxygen atoms in total. The molecule has 104 valence electrons. The molecule has 1 amide bonds. The third kappa shape index (κ3) is 2.87. The lowest BCUT2D eigenvalue weighted by Gasteiger charge is -2.10. The van der Waals surface area contributed by atoms with Crippen LogP contribution in [0.3, 0.4) is 0 Å². The highest BCUT2D eigenvalue weighted by Gasteiger charge is 2.04. The second-order valence-corrected chi connectivity index (χ2v) is 5.50. The summed E-state index contributed by atoms with van der Waals surface area (Å²) in [5.74, 6) is -0.430. The molecule has 0 aliphatic heterocycles. The van der Waals surface area contributed by atoms with E-state index in [1.54, 1.807) is 18.3 Å². The fourth-order valence-electron chi connectivity index (χ4n) is 2.10. The van der Waals surface area contributed by atoms with E-state index in [0.29, 0.717) is 5.56 Å². The molecule has 2 aromatic carbocycles. The normalized spacial score (nSPS) is 10.5. The Morgan fingerprint density at radius 1 is 1.10 bits per heavy atom. The van der Waals surface area contributed by atoms with E-state index in [2.05, 4.69) is 26.2 Å². The number of carbonyl (C=O) groups excluding carboxylic acids is 1. The number of nitrogens with one attached hydrogen (secondary N) is 1. The first-order chi connectivity index (χ1) is 10.1. The summed E-state index contributed by atoms with van der Waals surface area (Å²) in [7, 11) is 0.